The first kappa shape index (κ1) is 22.5. The molecule has 0 unspecified atom stereocenters. The lowest BCUT2D eigenvalue weighted by molar-refractivity contribution is 0.0692. The van der Waals surface area contributed by atoms with Crippen LogP contribution in [0.15, 0.2) is 48.0 Å². The molecule has 0 saturated carbocycles. The Kier molecular flexibility index (Phi) is 6.69. The number of hydrogen-bond donors (Lipinski definition) is 2. The highest BCUT2D eigenvalue weighted by atomic mass is 32.1. The molecule has 0 aliphatic carbocycles. The lowest BCUT2D eigenvalue weighted by atomic mass is 10.1. The van der Waals surface area contributed by atoms with Crippen molar-refractivity contribution in [2.75, 3.05) is 25.6 Å². The molecule has 0 saturated heterocycles. The fourth-order valence-corrected chi connectivity index (χ4v) is 4.42. The van der Waals surface area contributed by atoms with Crippen LogP contribution >= 0.6 is 11.3 Å². The van der Waals surface area contributed by atoms with Crippen LogP contribution in [-0.2, 0) is 6.42 Å². The quantitative estimate of drug-likeness (QED) is 0.347. The number of ether oxygens (including phenoxy) is 2. The van der Waals surface area contributed by atoms with E-state index < -0.39 is 5.97 Å². The van der Waals surface area contributed by atoms with Gasteiger partial charge < -0.3 is 19.9 Å². The maximum atomic E-state index is 14.7. The van der Waals surface area contributed by atoms with Gasteiger partial charge in [0.2, 0.25) is 0 Å². The molecular formula is C24H22FN3O4S. The maximum Gasteiger partial charge on any atom is 0.339 e. The molecule has 9 heteroatoms. The van der Waals surface area contributed by atoms with E-state index in [4.69, 9.17) is 9.47 Å². The summed E-state index contributed by atoms with van der Waals surface area (Å²) in [4.78, 5) is 20.4. The van der Waals surface area contributed by atoms with Gasteiger partial charge in [-0.25, -0.2) is 19.2 Å². The Morgan fingerprint density at radius 3 is 2.85 bits per heavy atom. The van der Waals surface area contributed by atoms with Crippen LogP contribution < -0.4 is 14.8 Å². The Morgan fingerprint density at radius 1 is 1.24 bits per heavy atom. The number of halogens is 1. The number of carboxylic acids is 1. The van der Waals surface area contributed by atoms with E-state index in [2.05, 4.69) is 15.3 Å². The Labute approximate surface area is 193 Å². The normalized spacial score (nSPS) is 10.9. The van der Waals surface area contributed by atoms with Crippen LogP contribution in [-0.4, -0.2) is 41.3 Å². The van der Waals surface area contributed by atoms with E-state index in [0.29, 0.717) is 41.5 Å². The fourth-order valence-electron chi connectivity index (χ4n) is 3.61. The summed E-state index contributed by atoms with van der Waals surface area (Å²) in [5, 5.41) is 15.4. The number of thiophene rings is 1. The minimum absolute atomic E-state index is 0.0502. The summed E-state index contributed by atoms with van der Waals surface area (Å²) in [5.74, 6) is -0.0468. The SMILES string of the molecule is CCOc1c(C(=O)O)cccc1-c1nccc(NCCc2cc3ccsc3c(F)c2OC)n1. The zero-order chi connectivity index (χ0) is 23.4. The van der Waals surface area contributed by atoms with Gasteiger partial charge in [0, 0.05) is 12.7 Å². The zero-order valence-corrected chi connectivity index (χ0v) is 18.9. The van der Waals surface area contributed by atoms with Gasteiger partial charge in [-0.05, 0) is 60.0 Å². The van der Waals surface area contributed by atoms with Crippen molar-refractivity contribution >= 4 is 33.2 Å². The molecule has 2 aromatic heterocycles. The van der Waals surface area contributed by atoms with Crippen molar-refractivity contribution in [3.8, 4) is 22.9 Å². The summed E-state index contributed by atoms with van der Waals surface area (Å²) >= 11 is 1.35. The molecule has 170 valence electrons. The van der Waals surface area contributed by atoms with Crippen molar-refractivity contribution in [1.82, 2.24) is 9.97 Å². The standard InChI is InChI=1S/C24H22FN3O4S/c1-3-32-21-16(5-4-6-17(21)24(29)30)23-27-11-8-18(28-23)26-10-7-14-13-15-9-12-33-22(15)19(25)20(14)31-2/h4-6,8-9,11-13H,3,7,10H2,1-2H3,(H,29,30)(H,26,27,28). The number of hydrogen-bond acceptors (Lipinski definition) is 7. The summed E-state index contributed by atoms with van der Waals surface area (Å²) in [6.07, 6.45) is 2.11. The monoisotopic (exact) mass is 467 g/mol. The summed E-state index contributed by atoms with van der Waals surface area (Å²) in [6.45, 7) is 2.57. The summed E-state index contributed by atoms with van der Waals surface area (Å²) < 4.78 is 26.2. The highest BCUT2D eigenvalue weighted by Gasteiger charge is 2.19. The van der Waals surface area contributed by atoms with E-state index in [1.807, 2.05) is 17.5 Å². The molecule has 0 bridgehead atoms. The van der Waals surface area contributed by atoms with Gasteiger partial charge in [-0.2, -0.15) is 0 Å². The number of aromatic carboxylic acids is 1. The smallest absolute Gasteiger partial charge is 0.339 e. The first-order chi connectivity index (χ1) is 16.0. The van der Waals surface area contributed by atoms with E-state index in [0.717, 1.165) is 10.9 Å². The van der Waals surface area contributed by atoms with Crippen molar-refractivity contribution in [2.24, 2.45) is 0 Å². The molecule has 0 amide bonds. The van der Waals surface area contributed by atoms with E-state index in [-0.39, 0.29) is 22.9 Å². The van der Waals surface area contributed by atoms with Crippen LogP contribution in [0, 0.1) is 5.82 Å². The average Bonchev–Trinajstić information content (AvgIpc) is 3.29. The molecule has 0 atom stereocenters. The second-order valence-corrected chi connectivity index (χ2v) is 8.00. The van der Waals surface area contributed by atoms with Crippen LogP contribution in [0.5, 0.6) is 11.5 Å². The Balaban J connectivity index is 1.55. The largest absolute Gasteiger partial charge is 0.493 e. The van der Waals surface area contributed by atoms with Crippen molar-refractivity contribution < 1.29 is 23.8 Å². The molecule has 4 aromatic rings. The number of fused-ring (bicyclic) bond motifs is 1. The predicted molar refractivity (Wildman–Crippen MR) is 126 cm³/mol. The Bertz CT molecular complexity index is 1310. The summed E-state index contributed by atoms with van der Waals surface area (Å²) in [7, 11) is 1.46. The third-order valence-corrected chi connectivity index (χ3v) is 5.97. The highest BCUT2D eigenvalue weighted by Crippen LogP contribution is 2.34. The van der Waals surface area contributed by atoms with Crippen LogP contribution in [0.2, 0.25) is 0 Å². The number of carboxylic acid groups (broad SMARTS) is 1. The molecule has 0 fully saturated rings. The number of para-hydroxylation sites is 1. The van der Waals surface area contributed by atoms with Gasteiger partial charge in [-0.3, -0.25) is 0 Å². The molecule has 2 aromatic carbocycles. The number of nitrogens with one attached hydrogen (secondary N) is 1. The zero-order valence-electron chi connectivity index (χ0n) is 18.1. The lowest BCUT2D eigenvalue weighted by Crippen LogP contribution is -2.09. The van der Waals surface area contributed by atoms with Gasteiger partial charge in [0.1, 0.15) is 17.1 Å². The van der Waals surface area contributed by atoms with E-state index in [1.54, 1.807) is 31.3 Å². The molecule has 33 heavy (non-hydrogen) atoms. The van der Waals surface area contributed by atoms with Crippen LogP contribution in [0.1, 0.15) is 22.8 Å². The fraction of sp³-hybridized carbons (Fsp3) is 0.208. The third kappa shape index (κ3) is 4.58. The minimum atomic E-state index is -1.08. The number of carbonyl (C=O) groups is 1. The lowest BCUT2D eigenvalue weighted by Gasteiger charge is -2.13. The van der Waals surface area contributed by atoms with Crippen LogP contribution in [0.25, 0.3) is 21.5 Å². The Morgan fingerprint density at radius 2 is 2.09 bits per heavy atom. The highest BCUT2D eigenvalue weighted by molar-refractivity contribution is 7.17. The van der Waals surface area contributed by atoms with Crippen molar-refractivity contribution in [1.29, 1.82) is 0 Å². The molecule has 7 nitrogen and oxygen atoms in total. The molecule has 4 rings (SSSR count). The summed E-state index contributed by atoms with van der Waals surface area (Å²) in [5.41, 5.74) is 1.30. The number of rotatable bonds is 9. The summed E-state index contributed by atoms with van der Waals surface area (Å²) in [6, 6.07) is 10.4. The topological polar surface area (TPSA) is 93.6 Å². The Hall–Kier alpha value is -3.72. The van der Waals surface area contributed by atoms with Crippen molar-refractivity contribution in [3.63, 3.8) is 0 Å². The number of benzene rings is 2. The molecule has 0 aliphatic heterocycles. The minimum Gasteiger partial charge on any atom is -0.493 e. The molecule has 0 spiro atoms. The number of anilines is 1. The first-order valence-corrected chi connectivity index (χ1v) is 11.2. The van der Waals surface area contributed by atoms with Gasteiger partial charge in [-0.15, -0.1) is 11.3 Å². The molecule has 2 N–H and O–H groups in total. The molecule has 0 radical (unpaired) electrons. The third-order valence-electron chi connectivity index (χ3n) is 5.05. The van der Waals surface area contributed by atoms with Crippen molar-refractivity contribution in [3.05, 3.63) is 64.9 Å². The first-order valence-electron chi connectivity index (χ1n) is 10.3. The number of methoxy groups -OCH3 is 1. The number of aromatic nitrogens is 2. The van der Waals surface area contributed by atoms with Crippen LogP contribution in [0.3, 0.4) is 0 Å². The second-order valence-electron chi connectivity index (χ2n) is 7.08. The van der Waals surface area contributed by atoms with Crippen LogP contribution in [0.4, 0.5) is 10.2 Å². The molecular weight excluding hydrogens is 445 g/mol. The molecule has 2 heterocycles. The van der Waals surface area contributed by atoms with E-state index in [9.17, 15) is 14.3 Å². The second kappa shape index (κ2) is 9.83. The van der Waals surface area contributed by atoms with Gasteiger partial charge in [-0.1, -0.05) is 6.07 Å². The average molecular weight is 468 g/mol. The predicted octanol–water partition coefficient (Wildman–Crippen LogP) is 5.26. The van der Waals surface area contributed by atoms with E-state index >= 15 is 0 Å². The molecule has 0 aliphatic rings. The van der Waals surface area contributed by atoms with E-state index in [1.165, 1.54) is 24.5 Å². The van der Waals surface area contributed by atoms with Gasteiger partial charge in [0.05, 0.1) is 24.0 Å². The van der Waals surface area contributed by atoms with Gasteiger partial charge in [0.25, 0.3) is 0 Å². The van der Waals surface area contributed by atoms with Gasteiger partial charge in [0.15, 0.2) is 17.4 Å². The van der Waals surface area contributed by atoms with Crippen molar-refractivity contribution in [2.45, 2.75) is 13.3 Å². The number of nitrogens with zero attached hydrogens (tertiary/aromatic N) is 2. The maximum absolute atomic E-state index is 14.7. The van der Waals surface area contributed by atoms with Gasteiger partial charge >= 0.3 is 5.97 Å².